The zero-order valence-electron chi connectivity index (χ0n) is 8.92. The Bertz CT molecular complexity index is 334. The topological polar surface area (TPSA) is 34.2 Å². The fourth-order valence-electron chi connectivity index (χ4n) is 1.09. The molecule has 1 aromatic heterocycles. The number of ether oxygens (including phenoxy) is 1. The average molecular weight is 192 g/mol. The van der Waals surface area contributed by atoms with Crippen molar-refractivity contribution >= 4 is 5.69 Å². The molecule has 14 heavy (non-hydrogen) atoms. The average Bonchev–Trinajstić information content (AvgIpc) is 2.15. The number of pyridine rings is 1. The van der Waals surface area contributed by atoms with Crippen molar-refractivity contribution in [2.45, 2.75) is 13.8 Å². The molecule has 0 aliphatic rings. The molecular formula is C11H16N2O. The van der Waals surface area contributed by atoms with Crippen LogP contribution < -0.4 is 10.1 Å². The summed E-state index contributed by atoms with van der Waals surface area (Å²) < 4.78 is 5.18. The van der Waals surface area contributed by atoms with Crippen LogP contribution in [0.25, 0.3) is 0 Å². The molecule has 1 N–H and O–H groups in total. The van der Waals surface area contributed by atoms with Crippen LogP contribution in [0.3, 0.4) is 0 Å². The highest BCUT2D eigenvalue weighted by atomic mass is 16.5. The van der Waals surface area contributed by atoms with Gasteiger partial charge in [0.15, 0.2) is 5.75 Å². The van der Waals surface area contributed by atoms with Gasteiger partial charge in [0.05, 0.1) is 19.0 Å². The van der Waals surface area contributed by atoms with E-state index in [4.69, 9.17) is 4.74 Å². The van der Waals surface area contributed by atoms with Crippen molar-refractivity contribution < 1.29 is 4.74 Å². The third-order valence-corrected chi connectivity index (χ3v) is 1.80. The fourth-order valence-corrected chi connectivity index (χ4v) is 1.09. The first-order valence-corrected chi connectivity index (χ1v) is 4.52. The summed E-state index contributed by atoms with van der Waals surface area (Å²) in [7, 11) is 1.64. The van der Waals surface area contributed by atoms with E-state index in [2.05, 4.69) is 16.9 Å². The number of nitrogens with zero attached hydrogens (tertiary/aromatic N) is 1. The smallest absolute Gasteiger partial charge is 0.160 e. The maximum atomic E-state index is 5.18. The first-order valence-electron chi connectivity index (χ1n) is 4.52. The third-order valence-electron chi connectivity index (χ3n) is 1.80. The van der Waals surface area contributed by atoms with E-state index < -0.39 is 0 Å². The molecule has 1 aromatic rings. The van der Waals surface area contributed by atoms with Crippen LogP contribution in [0.15, 0.2) is 24.4 Å². The van der Waals surface area contributed by atoms with Crippen molar-refractivity contribution in [2.24, 2.45) is 0 Å². The maximum Gasteiger partial charge on any atom is 0.160 e. The number of nitrogens with one attached hydrogen (secondary N) is 1. The minimum Gasteiger partial charge on any atom is -0.493 e. The summed E-state index contributed by atoms with van der Waals surface area (Å²) in [5.41, 5.74) is 3.01. The normalized spacial score (nSPS) is 9.64. The lowest BCUT2D eigenvalue weighted by atomic mass is 10.3. The third kappa shape index (κ3) is 2.76. The van der Waals surface area contributed by atoms with Gasteiger partial charge < -0.3 is 10.1 Å². The Morgan fingerprint density at radius 1 is 1.64 bits per heavy atom. The lowest BCUT2D eigenvalue weighted by Gasteiger charge is -2.10. The number of rotatable bonds is 4. The predicted molar refractivity (Wildman–Crippen MR) is 58.8 cm³/mol. The summed E-state index contributed by atoms with van der Waals surface area (Å²) >= 11 is 0. The van der Waals surface area contributed by atoms with Gasteiger partial charge in [0.25, 0.3) is 0 Å². The molecular weight excluding hydrogens is 176 g/mol. The van der Waals surface area contributed by atoms with Crippen molar-refractivity contribution in [2.75, 3.05) is 19.0 Å². The second-order valence-corrected chi connectivity index (χ2v) is 3.34. The van der Waals surface area contributed by atoms with Gasteiger partial charge in [0.1, 0.15) is 0 Å². The molecule has 3 nitrogen and oxygen atoms in total. The Morgan fingerprint density at radius 3 is 2.93 bits per heavy atom. The van der Waals surface area contributed by atoms with Crippen molar-refractivity contribution in [3.8, 4) is 5.75 Å². The van der Waals surface area contributed by atoms with Gasteiger partial charge in [-0.3, -0.25) is 4.98 Å². The summed E-state index contributed by atoms with van der Waals surface area (Å²) in [4.78, 5) is 4.15. The van der Waals surface area contributed by atoms with E-state index in [-0.39, 0.29) is 0 Å². The molecule has 1 rings (SSSR count). The summed E-state index contributed by atoms with van der Waals surface area (Å²) in [5, 5.41) is 3.24. The van der Waals surface area contributed by atoms with Gasteiger partial charge in [-0.15, -0.1) is 0 Å². The Kier molecular flexibility index (Phi) is 3.51. The molecule has 0 spiro atoms. The molecule has 0 saturated carbocycles. The molecule has 0 amide bonds. The van der Waals surface area contributed by atoms with Gasteiger partial charge in [-0.05, 0) is 19.9 Å². The molecule has 0 unspecified atom stereocenters. The van der Waals surface area contributed by atoms with Crippen LogP contribution in [0.5, 0.6) is 5.75 Å². The monoisotopic (exact) mass is 192 g/mol. The zero-order valence-corrected chi connectivity index (χ0v) is 8.92. The number of methoxy groups -OCH3 is 1. The van der Waals surface area contributed by atoms with Crippen LogP contribution >= 0.6 is 0 Å². The van der Waals surface area contributed by atoms with Crippen LogP contribution in [0, 0.1) is 6.92 Å². The van der Waals surface area contributed by atoms with Crippen molar-refractivity contribution in [3.63, 3.8) is 0 Å². The van der Waals surface area contributed by atoms with Gasteiger partial charge >= 0.3 is 0 Å². The van der Waals surface area contributed by atoms with Crippen LogP contribution in [0.4, 0.5) is 5.69 Å². The summed E-state index contributed by atoms with van der Waals surface area (Å²) in [5.74, 6) is 0.761. The second kappa shape index (κ2) is 4.65. The Balaban J connectivity index is 2.82. The SMILES string of the molecule is C=C(C)CNc1cc(C)ncc1OC. The molecule has 0 saturated heterocycles. The van der Waals surface area contributed by atoms with Gasteiger partial charge in [0, 0.05) is 12.2 Å². The molecule has 0 bridgehead atoms. The number of hydrogen-bond acceptors (Lipinski definition) is 3. The lowest BCUT2D eigenvalue weighted by Crippen LogP contribution is -2.04. The van der Waals surface area contributed by atoms with E-state index in [9.17, 15) is 0 Å². The largest absolute Gasteiger partial charge is 0.493 e. The first-order chi connectivity index (χ1) is 6.63. The quantitative estimate of drug-likeness (QED) is 0.744. The van der Waals surface area contributed by atoms with E-state index in [0.29, 0.717) is 0 Å². The highest BCUT2D eigenvalue weighted by molar-refractivity contribution is 5.56. The number of hydrogen-bond donors (Lipinski definition) is 1. The minimum absolute atomic E-state index is 0.750. The van der Waals surface area contributed by atoms with Crippen molar-refractivity contribution in [3.05, 3.63) is 30.1 Å². The zero-order chi connectivity index (χ0) is 10.6. The summed E-state index contributed by atoms with van der Waals surface area (Å²) in [6.45, 7) is 8.51. The van der Waals surface area contributed by atoms with E-state index in [0.717, 1.165) is 29.2 Å². The van der Waals surface area contributed by atoms with Crippen molar-refractivity contribution in [1.82, 2.24) is 4.98 Å². The molecule has 76 valence electrons. The molecule has 3 heteroatoms. The maximum absolute atomic E-state index is 5.18. The molecule has 0 aliphatic carbocycles. The standard InChI is InChI=1S/C11H16N2O/c1-8(2)6-13-10-5-9(3)12-7-11(10)14-4/h5,7H,1,6H2,2-4H3,(H,12,13). The summed E-state index contributed by atoms with van der Waals surface area (Å²) in [6, 6.07) is 1.96. The number of aryl methyl sites for hydroxylation is 1. The van der Waals surface area contributed by atoms with Crippen molar-refractivity contribution in [1.29, 1.82) is 0 Å². The van der Waals surface area contributed by atoms with Crippen LogP contribution in [-0.4, -0.2) is 18.6 Å². The van der Waals surface area contributed by atoms with Gasteiger partial charge in [-0.25, -0.2) is 0 Å². The van der Waals surface area contributed by atoms with Gasteiger partial charge in [-0.1, -0.05) is 12.2 Å². The van der Waals surface area contributed by atoms with Gasteiger partial charge in [0.2, 0.25) is 0 Å². The summed E-state index contributed by atoms with van der Waals surface area (Å²) in [6.07, 6.45) is 1.72. The van der Waals surface area contributed by atoms with Crippen LogP contribution in [0.1, 0.15) is 12.6 Å². The Hall–Kier alpha value is -1.51. The molecule has 0 aliphatic heterocycles. The van der Waals surface area contributed by atoms with E-state index in [1.165, 1.54) is 0 Å². The Morgan fingerprint density at radius 2 is 2.36 bits per heavy atom. The second-order valence-electron chi connectivity index (χ2n) is 3.34. The predicted octanol–water partition coefficient (Wildman–Crippen LogP) is 2.39. The van der Waals surface area contributed by atoms with Crippen LogP contribution in [0.2, 0.25) is 0 Å². The lowest BCUT2D eigenvalue weighted by molar-refractivity contribution is 0.414. The van der Waals surface area contributed by atoms with E-state index in [1.54, 1.807) is 13.3 Å². The van der Waals surface area contributed by atoms with Gasteiger partial charge in [-0.2, -0.15) is 0 Å². The fraction of sp³-hybridized carbons (Fsp3) is 0.364. The highest BCUT2D eigenvalue weighted by Gasteiger charge is 2.02. The number of anilines is 1. The molecule has 0 aromatic carbocycles. The molecule has 0 radical (unpaired) electrons. The van der Waals surface area contributed by atoms with E-state index in [1.807, 2.05) is 19.9 Å². The molecule has 0 atom stereocenters. The molecule has 1 heterocycles. The first kappa shape index (κ1) is 10.6. The highest BCUT2D eigenvalue weighted by Crippen LogP contribution is 2.23. The molecule has 0 fully saturated rings. The minimum atomic E-state index is 0.750. The van der Waals surface area contributed by atoms with E-state index >= 15 is 0 Å². The Labute approximate surface area is 84.8 Å². The number of aromatic nitrogens is 1. The van der Waals surface area contributed by atoms with Crippen LogP contribution in [-0.2, 0) is 0 Å².